The van der Waals surface area contributed by atoms with Crippen LogP contribution in [-0.4, -0.2) is 68.3 Å². The van der Waals surface area contributed by atoms with Gasteiger partial charge in [-0.25, -0.2) is 18.2 Å². The summed E-state index contributed by atoms with van der Waals surface area (Å²) in [5.41, 5.74) is 0.399. The summed E-state index contributed by atoms with van der Waals surface area (Å²) in [5.74, 6) is -1.03. The maximum atomic E-state index is 11.5. The van der Waals surface area contributed by atoms with E-state index in [0.717, 1.165) is 11.3 Å². The van der Waals surface area contributed by atoms with Gasteiger partial charge in [0.25, 0.3) is 0 Å². The monoisotopic (exact) mass is 335 g/mol. The third kappa shape index (κ3) is 3.70. The van der Waals surface area contributed by atoms with E-state index in [2.05, 4.69) is 4.98 Å². The molecule has 2 heterocycles. The largest absolute Gasteiger partial charge is 0.477 e. The Balaban J connectivity index is 2.13. The molecule has 0 aromatic carbocycles. The summed E-state index contributed by atoms with van der Waals surface area (Å²) in [6, 6.07) is 0. The molecular formula is C11H17N3O5S2. The maximum absolute atomic E-state index is 11.5. The standard InChI is InChI=1S/C11H17N3O5S2/c1-19-7-8-9(10(15)16)20-11(12-8)13-3-5-14(6-4-13)21(2,17)18/h3-7H2,1-2H3,(H,15,16). The van der Waals surface area contributed by atoms with Crippen LogP contribution >= 0.6 is 11.3 Å². The van der Waals surface area contributed by atoms with Gasteiger partial charge in [0.05, 0.1) is 18.6 Å². The van der Waals surface area contributed by atoms with Gasteiger partial charge in [-0.05, 0) is 0 Å². The molecule has 1 fully saturated rings. The van der Waals surface area contributed by atoms with Crippen LogP contribution in [0.1, 0.15) is 15.4 Å². The molecule has 1 aromatic rings. The van der Waals surface area contributed by atoms with Crippen LogP contribution in [0.4, 0.5) is 5.13 Å². The van der Waals surface area contributed by atoms with Gasteiger partial charge < -0.3 is 14.7 Å². The summed E-state index contributed by atoms with van der Waals surface area (Å²) in [7, 11) is -1.70. The van der Waals surface area contributed by atoms with Crippen LogP contribution in [0.3, 0.4) is 0 Å². The molecule has 8 nitrogen and oxygen atoms in total. The van der Waals surface area contributed by atoms with Gasteiger partial charge in [-0.15, -0.1) is 0 Å². The second kappa shape index (κ2) is 6.26. The summed E-state index contributed by atoms with van der Waals surface area (Å²) in [5, 5.41) is 9.75. The van der Waals surface area contributed by atoms with E-state index in [1.807, 2.05) is 4.90 Å². The summed E-state index contributed by atoms with van der Waals surface area (Å²) in [4.78, 5) is 17.6. The Kier molecular flexibility index (Phi) is 4.81. The highest BCUT2D eigenvalue weighted by molar-refractivity contribution is 7.88. The van der Waals surface area contributed by atoms with Crippen molar-refractivity contribution < 1.29 is 23.1 Å². The number of hydrogen-bond donors (Lipinski definition) is 1. The highest BCUT2D eigenvalue weighted by Gasteiger charge is 2.26. The molecule has 21 heavy (non-hydrogen) atoms. The molecule has 10 heteroatoms. The molecule has 1 aromatic heterocycles. The van der Waals surface area contributed by atoms with E-state index in [1.54, 1.807) is 0 Å². The Morgan fingerprint density at radius 1 is 1.38 bits per heavy atom. The van der Waals surface area contributed by atoms with E-state index in [0.29, 0.717) is 37.0 Å². The van der Waals surface area contributed by atoms with Crippen molar-refractivity contribution in [3.8, 4) is 0 Å². The van der Waals surface area contributed by atoms with Crippen LogP contribution in [0.15, 0.2) is 0 Å². The third-order valence-electron chi connectivity index (χ3n) is 3.14. The van der Waals surface area contributed by atoms with Gasteiger partial charge in [-0.2, -0.15) is 4.31 Å². The fourth-order valence-electron chi connectivity index (χ4n) is 2.09. The quantitative estimate of drug-likeness (QED) is 0.812. The lowest BCUT2D eigenvalue weighted by Gasteiger charge is -2.32. The Labute approximate surface area is 127 Å². The number of rotatable bonds is 5. The van der Waals surface area contributed by atoms with Gasteiger partial charge in [0, 0.05) is 33.3 Å². The van der Waals surface area contributed by atoms with Gasteiger partial charge in [-0.3, -0.25) is 0 Å². The van der Waals surface area contributed by atoms with Crippen LogP contribution in [0.5, 0.6) is 0 Å². The Hall–Kier alpha value is -1.23. The number of carboxylic acids is 1. The van der Waals surface area contributed by atoms with Gasteiger partial charge in [0.15, 0.2) is 5.13 Å². The van der Waals surface area contributed by atoms with Gasteiger partial charge in [-0.1, -0.05) is 11.3 Å². The number of aromatic carboxylic acids is 1. The van der Waals surface area contributed by atoms with Gasteiger partial charge in [0.2, 0.25) is 10.0 Å². The lowest BCUT2D eigenvalue weighted by molar-refractivity contribution is 0.0697. The minimum Gasteiger partial charge on any atom is -0.477 e. The molecule has 118 valence electrons. The number of carboxylic acid groups (broad SMARTS) is 1. The lowest BCUT2D eigenvalue weighted by atomic mass is 10.4. The Morgan fingerprint density at radius 3 is 2.48 bits per heavy atom. The summed E-state index contributed by atoms with van der Waals surface area (Å²) in [6.45, 7) is 1.88. The fourth-order valence-corrected chi connectivity index (χ4v) is 3.87. The first kappa shape index (κ1) is 16.1. The second-order valence-electron chi connectivity index (χ2n) is 4.66. The number of sulfonamides is 1. The average Bonchev–Trinajstić information content (AvgIpc) is 2.82. The number of hydrogen-bond acceptors (Lipinski definition) is 7. The number of nitrogens with zero attached hydrogens (tertiary/aromatic N) is 3. The molecule has 0 spiro atoms. The van der Waals surface area contributed by atoms with Crippen molar-refractivity contribution in [1.82, 2.24) is 9.29 Å². The van der Waals surface area contributed by atoms with E-state index in [9.17, 15) is 13.2 Å². The minimum atomic E-state index is -3.18. The van der Waals surface area contributed by atoms with E-state index in [1.165, 1.54) is 17.7 Å². The zero-order valence-corrected chi connectivity index (χ0v) is 13.4. The van der Waals surface area contributed by atoms with Crippen LogP contribution in [0.25, 0.3) is 0 Å². The molecule has 1 N–H and O–H groups in total. The highest BCUT2D eigenvalue weighted by Crippen LogP contribution is 2.28. The zero-order chi connectivity index (χ0) is 15.6. The van der Waals surface area contributed by atoms with E-state index < -0.39 is 16.0 Å². The Morgan fingerprint density at radius 2 is 2.00 bits per heavy atom. The summed E-state index contributed by atoms with van der Waals surface area (Å²) >= 11 is 1.09. The molecule has 0 atom stereocenters. The van der Waals surface area contributed by atoms with Crippen molar-refractivity contribution in [3.05, 3.63) is 10.6 Å². The molecule has 1 aliphatic heterocycles. The van der Waals surface area contributed by atoms with Gasteiger partial charge >= 0.3 is 5.97 Å². The summed E-state index contributed by atoms with van der Waals surface area (Å²) in [6.07, 6.45) is 1.19. The Bertz CT molecular complexity index is 620. The first-order valence-corrected chi connectivity index (χ1v) is 8.91. The lowest BCUT2D eigenvalue weighted by Crippen LogP contribution is -2.48. The van der Waals surface area contributed by atoms with Crippen molar-refractivity contribution in [2.45, 2.75) is 6.61 Å². The van der Waals surface area contributed by atoms with Crippen LogP contribution in [0.2, 0.25) is 0 Å². The smallest absolute Gasteiger partial charge is 0.347 e. The number of anilines is 1. The normalized spacial score (nSPS) is 17.1. The second-order valence-corrected chi connectivity index (χ2v) is 7.62. The third-order valence-corrected chi connectivity index (χ3v) is 5.59. The SMILES string of the molecule is COCc1nc(N2CCN(S(C)(=O)=O)CC2)sc1C(=O)O. The van der Waals surface area contributed by atoms with E-state index >= 15 is 0 Å². The number of piperazine rings is 1. The van der Waals surface area contributed by atoms with Crippen molar-refractivity contribution in [1.29, 1.82) is 0 Å². The predicted octanol–water partition coefficient (Wildman–Crippen LogP) is 0.0693. The number of aromatic nitrogens is 1. The van der Waals surface area contributed by atoms with Gasteiger partial charge in [0.1, 0.15) is 4.88 Å². The number of thiazole rings is 1. The number of carbonyl (C=O) groups is 1. The first-order chi connectivity index (χ1) is 9.82. The molecule has 0 aliphatic carbocycles. The number of methoxy groups -OCH3 is 1. The highest BCUT2D eigenvalue weighted by atomic mass is 32.2. The zero-order valence-electron chi connectivity index (χ0n) is 11.8. The summed E-state index contributed by atoms with van der Waals surface area (Å²) < 4.78 is 29.3. The molecule has 0 saturated carbocycles. The minimum absolute atomic E-state index is 0.140. The molecule has 0 bridgehead atoms. The molecule has 0 radical (unpaired) electrons. The topological polar surface area (TPSA) is 100 Å². The van der Waals surface area contributed by atoms with Crippen molar-refractivity contribution in [2.24, 2.45) is 0 Å². The van der Waals surface area contributed by atoms with Crippen molar-refractivity contribution in [2.75, 3.05) is 44.4 Å². The van der Waals surface area contributed by atoms with Crippen LogP contribution in [0, 0.1) is 0 Å². The number of ether oxygens (including phenoxy) is 1. The molecule has 0 unspecified atom stereocenters. The van der Waals surface area contributed by atoms with E-state index in [-0.39, 0.29) is 11.5 Å². The van der Waals surface area contributed by atoms with Crippen LogP contribution < -0.4 is 4.90 Å². The average molecular weight is 335 g/mol. The van der Waals surface area contributed by atoms with Crippen molar-refractivity contribution >= 4 is 32.5 Å². The fraction of sp³-hybridized carbons (Fsp3) is 0.636. The molecule has 2 rings (SSSR count). The van der Waals surface area contributed by atoms with Crippen LogP contribution in [-0.2, 0) is 21.4 Å². The van der Waals surface area contributed by atoms with Crippen molar-refractivity contribution in [3.63, 3.8) is 0 Å². The predicted molar refractivity (Wildman–Crippen MR) is 78.4 cm³/mol. The molecule has 1 saturated heterocycles. The molecule has 0 amide bonds. The first-order valence-electron chi connectivity index (χ1n) is 6.25. The maximum Gasteiger partial charge on any atom is 0.347 e. The molecular weight excluding hydrogens is 318 g/mol. The molecule has 1 aliphatic rings. The van der Waals surface area contributed by atoms with E-state index in [4.69, 9.17) is 9.84 Å².